The molecule has 0 heterocycles. The molecule has 0 amide bonds. The van der Waals surface area contributed by atoms with Crippen molar-refractivity contribution < 1.29 is 19.7 Å². The van der Waals surface area contributed by atoms with Crippen LogP contribution in [0.25, 0.3) is 0 Å². The number of benzene rings is 2. The molecule has 0 spiro atoms. The van der Waals surface area contributed by atoms with E-state index in [2.05, 4.69) is 26.1 Å². The van der Waals surface area contributed by atoms with Gasteiger partial charge in [-0.1, -0.05) is 50.0 Å². The second-order valence-electron chi connectivity index (χ2n) is 9.49. The smallest absolute Gasteiger partial charge is 0.342 e. The van der Waals surface area contributed by atoms with Crippen molar-refractivity contribution >= 4 is 34.9 Å². The van der Waals surface area contributed by atoms with Gasteiger partial charge in [0.2, 0.25) is 0 Å². The summed E-state index contributed by atoms with van der Waals surface area (Å²) in [4.78, 5) is 12.8. The summed E-state index contributed by atoms with van der Waals surface area (Å²) in [6.45, 7) is 7.04. The first-order chi connectivity index (χ1) is 14.5. The molecule has 3 unspecified atom stereocenters. The van der Waals surface area contributed by atoms with Crippen LogP contribution < -0.4 is 5.32 Å². The predicted octanol–water partition coefficient (Wildman–Crippen LogP) is 6.39. The van der Waals surface area contributed by atoms with Gasteiger partial charge in [0.25, 0.3) is 0 Å². The van der Waals surface area contributed by atoms with Gasteiger partial charge < -0.3 is 20.3 Å². The number of carbonyl (C=O) groups is 1. The normalized spacial score (nSPS) is 26.1. The maximum absolute atomic E-state index is 12.8. The van der Waals surface area contributed by atoms with Crippen molar-refractivity contribution in [2.75, 3.05) is 5.32 Å². The zero-order chi connectivity index (χ0) is 22.6. The van der Waals surface area contributed by atoms with Gasteiger partial charge in [0.1, 0.15) is 17.4 Å². The Morgan fingerprint density at radius 1 is 1.19 bits per heavy atom. The highest BCUT2D eigenvalue weighted by atomic mass is 35.5. The van der Waals surface area contributed by atoms with Crippen molar-refractivity contribution in [1.29, 1.82) is 0 Å². The maximum Gasteiger partial charge on any atom is 0.342 e. The van der Waals surface area contributed by atoms with Gasteiger partial charge in [-0.2, -0.15) is 0 Å². The lowest BCUT2D eigenvalue weighted by Gasteiger charge is -2.38. The van der Waals surface area contributed by atoms with Crippen LogP contribution in [0.3, 0.4) is 0 Å². The number of aromatic hydroxyl groups is 2. The van der Waals surface area contributed by atoms with Crippen LogP contribution in [0.5, 0.6) is 11.5 Å². The van der Waals surface area contributed by atoms with Crippen molar-refractivity contribution in [1.82, 2.24) is 0 Å². The Morgan fingerprint density at radius 3 is 2.55 bits per heavy atom. The third kappa shape index (κ3) is 3.72. The lowest BCUT2D eigenvalue weighted by molar-refractivity contribution is -0.0244. The monoisotopic (exact) mass is 463 g/mol. The third-order valence-electron chi connectivity index (χ3n) is 7.76. The molecule has 2 fully saturated rings. The predicted molar refractivity (Wildman–Crippen MR) is 122 cm³/mol. The molecule has 166 valence electrons. The molecule has 31 heavy (non-hydrogen) atoms. The number of rotatable bonds is 5. The molecular weight excluding hydrogens is 437 g/mol. The number of ether oxygens (including phenoxy) is 1. The SMILES string of the molecule is CC1(C)C2CCC1(C)C(OC(=O)c1ccc(CNc3cc(Cl)cc(Cl)c3O)cc1O)C2. The molecule has 0 radical (unpaired) electrons. The second-order valence-corrected chi connectivity index (χ2v) is 10.3. The minimum Gasteiger partial charge on any atom is -0.507 e. The number of anilines is 1. The second kappa shape index (κ2) is 7.79. The summed E-state index contributed by atoms with van der Waals surface area (Å²) in [5.41, 5.74) is 1.36. The maximum atomic E-state index is 12.8. The highest BCUT2D eigenvalue weighted by Crippen LogP contribution is 2.66. The Morgan fingerprint density at radius 2 is 1.94 bits per heavy atom. The Bertz CT molecular complexity index is 1040. The lowest BCUT2D eigenvalue weighted by atomic mass is 9.70. The summed E-state index contributed by atoms with van der Waals surface area (Å²) in [6.07, 6.45) is 2.98. The molecule has 4 rings (SSSR count). The van der Waals surface area contributed by atoms with Crippen LogP contribution in [-0.4, -0.2) is 22.3 Å². The number of hydrogen-bond donors (Lipinski definition) is 3. The molecule has 2 bridgehead atoms. The molecule has 2 saturated carbocycles. The summed E-state index contributed by atoms with van der Waals surface area (Å²) >= 11 is 11.9. The Hall–Kier alpha value is -2.11. The van der Waals surface area contributed by atoms with Crippen molar-refractivity contribution in [3.63, 3.8) is 0 Å². The van der Waals surface area contributed by atoms with Crippen molar-refractivity contribution in [2.24, 2.45) is 16.7 Å². The van der Waals surface area contributed by atoms with Crippen LogP contribution in [0.4, 0.5) is 5.69 Å². The lowest BCUT2D eigenvalue weighted by Crippen LogP contribution is -2.38. The van der Waals surface area contributed by atoms with E-state index < -0.39 is 5.97 Å². The number of fused-ring (bicyclic) bond motifs is 2. The van der Waals surface area contributed by atoms with Gasteiger partial charge in [0.15, 0.2) is 5.75 Å². The Kier molecular flexibility index (Phi) is 5.55. The van der Waals surface area contributed by atoms with Gasteiger partial charge in [0, 0.05) is 17.0 Å². The Labute approximate surface area is 192 Å². The van der Waals surface area contributed by atoms with Crippen LogP contribution in [-0.2, 0) is 11.3 Å². The highest BCUT2D eigenvalue weighted by molar-refractivity contribution is 6.36. The van der Waals surface area contributed by atoms with Gasteiger partial charge in [-0.05, 0) is 60.4 Å². The average Bonchev–Trinajstić information content (AvgIpc) is 3.03. The average molecular weight is 464 g/mol. The summed E-state index contributed by atoms with van der Waals surface area (Å²) in [5, 5.41) is 24.1. The van der Waals surface area contributed by atoms with Crippen molar-refractivity contribution in [3.05, 3.63) is 51.5 Å². The summed E-state index contributed by atoms with van der Waals surface area (Å²) in [5.74, 6) is -0.164. The molecule has 7 heteroatoms. The van der Waals surface area contributed by atoms with E-state index >= 15 is 0 Å². The van der Waals surface area contributed by atoms with Gasteiger partial charge in [0.05, 0.1) is 10.7 Å². The van der Waals surface area contributed by atoms with Gasteiger partial charge in [-0.15, -0.1) is 0 Å². The van der Waals surface area contributed by atoms with E-state index in [9.17, 15) is 15.0 Å². The number of phenols is 2. The molecule has 3 N–H and O–H groups in total. The third-order valence-corrected chi connectivity index (χ3v) is 8.26. The molecule has 2 aliphatic carbocycles. The first-order valence-electron chi connectivity index (χ1n) is 10.5. The van der Waals surface area contributed by atoms with E-state index in [0.29, 0.717) is 23.2 Å². The topological polar surface area (TPSA) is 78.8 Å². The van der Waals surface area contributed by atoms with E-state index in [4.69, 9.17) is 27.9 Å². The first kappa shape index (κ1) is 22.1. The molecule has 2 aromatic carbocycles. The molecule has 0 saturated heterocycles. The highest BCUT2D eigenvalue weighted by Gasteiger charge is 2.62. The molecule has 0 aliphatic heterocycles. The molecule has 3 atom stereocenters. The number of carbonyl (C=O) groups excluding carboxylic acids is 1. The van der Waals surface area contributed by atoms with Gasteiger partial charge in [-0.25, -0.2) is 4.79 Å². The van der Waals surface area contributed by atoms with Crippen LogP contribution in [0, 0.1) is 16.7 Å². The molecule has 2 aliphatic rings. The molecular formula is C24H27Cl2NO4. The summed E-state index contributed by atoms with van der Waals surface area (Å²) in [7, 11) is 0. The van der Waals surface area contributed by atoms with E-state index in [1.807, 2.05) is 0 Å². The standard InChI is InChI=1S/C24H27Cl2NO4/c1-23(2)14-6-7-24(23,3)20(9-14)31-22(30)16-5-4-13(8-19(16)28)12-27-18-11-15(25)10-17(26)21(18)29/h4-5,8,10-11,14,20,27-29H,6-7,9,12H2,1-3H3. The van der Waals surface area contributed by atoms with E-state index in [1.165, 1.54) is 18.6 Å². The fourth-order valence-corrected chi connectivity index (χ4v) is 5.75. The van der Waals surface area contributed by atoms with E-state index in [-0.39, 0.29) is 39.0 Å². The molecule has 0 aromatic heterocycles. The van der Waals surface area contributed by atoms with Crippen molar-refractivity contribution in [3.8, 4) is 11.5 Å². The summed E-state index contributed by atoms with van der Waals surface area (Å²) in [6, 6.07) is 7.83. The zero-order valence-corrected chi connectivity index (χ0v) is 19.3. The number of halogens is 2. The van der Waals surface area contributed by atoms with Crippen molar-refractivity contribution in [2.45, 2.75) is 52.7 Å². The van der Waals surface area contributed by atoms with Crippen LogP contribution in [0.2, 0.25) is 10.0 Å². The van der Waals surface area contributed by atoms with Gasteiger partial charge >= 0.3 is 5.97 Å². The number of nitrogens with one attached hydrogen (secondary N) is 1. The number of hydrogen-bond acceptors (Lipinski definition) is 5. The van der Waals surface area contributed by atoms with Crippen LogP contribution >= 0.6 is 23.2 Å². The fraction of sp³-hybridized carbons (Fsp3) is 0.458. The largest absolute Gasteiger partial charge is 0.507 e. The summed E-state index contributed by atoms with van der Waals surface area (Å²) < 4.78 is 5.89. The molecule has 2 aromatic rings. The van der Waals surface area contributed by atoms with Crippen LogP contribution in [0.1, 0.15) is 56.0 Å². The van der Waals surface area contributed by atoms with E-state index in [0.717, 1.165) is 18.4 Å². The Balaban J connectivity index is 1.44. The minimum atomic E-state index is -0.495. The molecule has 5 nitrogen and oxygen atoms in total. The van der Waals surface area contributed by atoms with Crippen LogP contribution in [0.15, 0.2) is 30.3 Å². The fourth-order valence-electron chi connectivity index (χ4n) is 5.26. The first-order valence-corrected chi connectivity index (χ1v) is 11.2. The minimum absolute atomic E-state index is 0.0347. The quantitative estimate of drug-likeness (QED) is 0.353. The number of phenolic OH excluding ortho intramolecular Hbond substituents is 2. The zero-order valence-electron chi connectivity index (χ0n) is 17.8. The van der Waals surface area contributed by atoms with Gasteiger partial charge in [-0.3, -0.25) is 0 Å². The number of esters is 1. The van der Waals surface area contributed by atoms with E-state index in [1.54, 1.807) is 18.2 Å².